The molecule has 1 N–H and O–H groups in total. The van der Waals surface area contributed by atoms with Crippen molar-refractivity contribution >= 4 is 17.4 Å². The van der Waals surface area contributed by atoms with Crippen LogP contribution in [0.2, 0.25) is 0 Å². The fourth-order valence-electron chi connectivity index (χ4n) is 2.85. The van der Waals surface area contributed by atoms with Gasteiger partial charge < -0.3 is 10.2 Å². The number of nitrogens with zero attached hydrogens (tertiary/aromatic N) is 1. The number of hydrogen-bond acceptors (Lipinski definition) is 3. The maximum absolute atomic E-state index is 13.9. The molecule has 21 heavy (non-hydrogen) atoms. The van der Waals surface area contributed by atoms with Crippen molar-refractivity contribution in [1.29, 1.82) is 0 Å². The average Bonchev–Trinajstić information content (AvgIpc) is 2.47. The fraction of sp³-hybridized carbons (Fsp3) is 0.500. The van der Waals surface area contributed by atoms with Crippen molar-refractivity contribution in [1.82, 2.24) is 5.32 Å². The molecule has 0 aliphatic carbocycles. The van der Waals surface area contributed by atoms with Crippen LogP contribution in [0.15, 0.2) is 18.2 Å². The molecular weight excluding hydrogens is 271 g/mol. The van der Waals surface area contributed by atoms with Crippen molar-refractivity contribution in [2.45, 2.75) is 26.7 Å². The van der Waals surface area contributed by atoms with Crippen LogP contribution in [-0.4, -0.2) is 31.3 Å². The molecule has 0 aromatic heterocycles. The molecule has 1 atom stereocenters. The normalized spacial score (nSPS) is 18.4. The summed E-state index contributed by atoms with van der Waals surface area (Å²) in [5, 5.41) is 2.83. The zero-order valence-corrected chi connectivity index (χ0v) is 12.5. The molecule has 0 spiro atoms. The Morgan fingerprint density at radius 2 is 2.19 bits per heavy atom. The van der Waals surface area contributed by atoms with Crippen molar-refractivity contribution in [3.8, 4) is 0 Å². The highest BCUT2D eigenvalue weighted by atomic mass is 19.1. The summed E-state index contributed by atoms with van der Waals surface area (Å²) in [5.74, 6) is -0.867. The maximum Gasteiger partial charge on any atom is 0.224 e. The van der Waals surface area contributed by atoms with Crippen LogP contribution in [0, 0.1) is 11.7 Å². The lowest BCUT2D eigenvalue weighted by Crippen LogP contribution is -2.43. The van der Waals surface area contributed by atoms with Gasteiger partial charge in [-0.25, -0.2) is 4.39 Å². The second-order valence-electron chi connectivity index (χ2n) is 5.37. The van der Waals surface area contributed by atoms with Gasteiger partial charge in [-0.15, -0.1) is 0 Å². The third kappa shape index (κ3) is 3.40. The van der Waals surface area contributed by atoms with Crippen LogP contribution in [0.25, 0.3) is 0 Å². The lowest BCUT2D eigenvalue weighted by atomic mass is 9.95. The molecule has 1 fully saturated rings. The minimum atomic E-state index is -0.500. The van der Waals surface area contributed by atoms with E-state index in [2.05, 4.69) is 5.32 Å². The first-order valence-electron chi connectivity index (χ1n) is 7.36. The van der Waals surface area contributed by atoms with E-state index in [1.807, 2.05) is 11.8 Å². The largest absolute Gasteiger partial charge is 0.370 e. The van der Waals surface area contributed by atoms with Gasteiger partial charge in [-0.2, -0.15) is 0 Å². The monoisotopic (exact) mass is 292 g/mol. The predicted octanol–water partition coefficient (Wildman–Crippen LogP) is 2.38. The fourth-order valence-corrected chi connectivity index (χ4v) is 2.85. The van der Waals surface area contributed by atoms with E-state index < -0.39 is 5.82 Å². The molecule has 114 valence electrons. The Labute approximate surface area is 124 Å². The van der Waals surface area contributed by atoms with Crippen molar-refractivity contribution in [2.75, 3.05) is 24.5 Å². The van der Waals surface area contributed by atoms with Crippen LogP contribution < -0.4 is 10.2 Å². The summed E-state index contributed by atoms with van der Waals surface area (Å²) < 4.78 is 13.9. The number of benzene rings is 1. The summed E-state index contributed by atoms with van der Waals surface area (Å²) in [5.41, 5.74) is 0.713. The van der Waals surface area contributed by atoms with E-state index in [1.165, 1.54) is 13.0 Å². The smallest absolute Gasteiger partial charge is 0.224 e. The van der Waals surface area contributed by atoms with Gasteiger partial charge in [0.15, 0.2) is 5.78 Å². The van der Waals surface area contributed by atoms with Crippen LogP contribution >= 0.6 is 0 Å². The molecule has 1 amide bonds. The number of piperidine rings is 1. The molecule has 2 rings (SSSR count). The van der Waals surface area contributed by atoms with Crippen LogP contribution in [0.4, 0.5) is 10.1 Å². The Hall–Kier alpha value is -1.91. The Kier molecular flexibility index (Phi) is 4.94. The zero-order valence-electron chi connectivity index (χ0n) is 12.5. The lowest BCUT2D eigenvalue weighted by Gasteiger charge is -2.34. The maximum atomic E-state index is 13.9. The number of carbonyl (C=O) groups excluding carboxylic acids is 2. The van der Waals surface area contributed by atoms with Crippen molar-refractivity contribution < 1.29 is 14.0 Å². The number of rotatable bonds is 4. The summed E-state index contributed by atoms with van der Waals surface area (Å²) in [6, 6.07) is 4.65. The number of carbonyl (C=O) groups is 2. The number of nitrogens with one attached hydrogen (secondary N) is 1. The van der Waals surface area contributed by atoms with E-state index in [9.17, 15) is 14.0 Å². The van der Waals surface area contributed by atoms with Crippen LogP contribution in [-0.2, 0) is 4.79 Å². The standard InChI is InChI=1S/C16H21FN2O2/c1-3-18-16(21)12-6-5-9-19(10-12)14-8-4-7-13(17)15(14)11(2)20/h4,7-8,12H,3,5-6,9-10H2,1-2H3,(H,18,21). The summed E-state index contributed by atoms with van der Waals surface area (Å²) >= 11 is 0. The summed E-state index contributed by atoms with van der Waals surface area (Å²) in [6.07, 6.45) is 1.68. The van der Waals surface area contributed by atoms with Gasteiger partial charge in [-0.1, -0.05) is 6.07 Å². The third-order valence-electron chi connectivity index (χ3n) is 3.83. The van der Waals surface area contributed by atoms with E-state index in [0.29, 0.717) is 18.8 Å². The third-order valence-corrected chi connectivity index (χ3v) is 3.83. The molecule has 0 radical (unpaired) electrons. The average molecular weight is 292 g/mol. The molecule has 1 aromatic rings. The number of amides is 1. The first-order valence-corrected chi connectivity index (χ1v) is 7.36. The highest BCUT2D eigenvalue weighted by Crippen LogP contribution is 2.28. The number of Topliss-reactive ketones (excluding diaryl/α,β-unsaturated/α-hetero) is 1. The van der Waals surface area contributed by atoms with Gasteiger partial charge >= 0.3 is 0 Å². The van der Waals surface area contributed by atoms with Crippen molar-refractivity contribution in [3.63, 3.8) is 0 Å². The van der Waals surface area contributed by atoms with E-state index in [0.717, 1.165) is 19.4 Å². The Bertz CT molecular complexity index is 545. The summed E-state index contributed by atoms with van der Waals surface area (Å²) in [4.78, 5) is 25.6. The van der Waals surface area contributed by atoms with Crippen LogP contribution in [0.1, 0.15) is 37.0 Å². The molecule has 1 unspecified atom stereocenters. The topological polar surface area (TPSA) is 49.4 Å². The zero-order chi connectivity index (χ0) is 15.4. The lowest BCUT2D eigenvalue weighted by molar-refractivity contribution is -0.125. The highest BCUT2D eigenvalue weighted by molar-refractivity contribution is 6.00. The SMILES string of the molecule is CCNC(=O)C1CCCN(c2cccc(F)c2C(C)=O)C1. The van der Waals surface area contributed by atoms with E-state index in [1.54, 1.807) is 12.1 Å². The van der Waals surface area contributed by atoms with Crippen LogP contribution in [0.5, 0.6) is 0 Å². The number of halogens is 1. The van der Waals surface area contributed by atoms with Crippen LogP contribution in [0.3, 0.4) is 0 Å². The van der Waals surface area contributed by atoms with Gasteiger partial charge in [0, 0.05) is 19.6 Å². The summed E-state index contributed by atoms with van der Waals surface area (Å²) in [7, 11) is 0. The first kappa shape index (κ1) is 15.5. The van der Waals surface area contributed by atoms with Gasteiger partial charge in [-0.3, -0.25) is 9.59 Å². The van der Waals surface area contributed by atoms with Crippen molar-refractivity contribution in [3.05, 3.63) is 29.6 Å². The molecule has 5 heteroatoms. The number of ketones is 1. The van der Waals surface area contributed by atoms with E-state index in [4.69, 9.17) is 0 Å². The Morgan fingerprint density at radius 3 is 2.86 bits per heavy atom. The van der Waals surface area contributed by atoms with Gasteiger partial charge in [0.1, 0.15) is 5.82 Å². The predicted molar refractivity (Wildman–Crippen MR) is 80.0 cm³/mol. The minimum Gasteiger partial charge on any atom is -0.370 e. The Morgan fingerprint density at radius 1 is 1.43 bits per heavy atom. The molecule has 0 bridgehead atoms. The molecule has 4 nitrogen and oxygen atoms in total. The van der Waals surface area contributed by atoms with Gasteiger partial charge in [0.05, 0.1) is 17.2 Å². The molecule has 1 aliphatic heterocycles. The highest BCUT2D eigenvalue weighted by Gasteiger charge is 2.28. The Balaban J connectivity index is 2.24. The molecule has 0 saturated carbocycles. The van der Waals surface area contributed by atoms with Crippen molar-refractivity contribution in [2.24, 2.45) is 5.92 Å². The quantitative estimate of drug-likeness (QED) is 0.867. The number of hydrogen-bond donors (Lipinski definition) is 1. The molecular formula is C16H21FN2O2. The molecule has 1 saturated heterocycles. The second kappa shape index (κ2) is 6.70. The van der Waals surface area contributed by atoms with E-state index >= 15 is 0 Å². The first-order chi connectivity index (χ1) is 10.0. The molecule has 1 aromatic carbocycles. The van der Waals surface area contributed by atoms with Gasteiger partial charge in [0.2, 0.25) is 5.91 Å². The molecule has 1 aliphatic rings. The minimum absolute atomic E-state index is 0.0305. The summed E-state index contributed by atoms with van der Waals surface area (Å²) in [6.45, 7) is 5.12. The van der Waals surface area contributed by atoms with E-state index in [-0.39, 0.29) is 23.2 Å². The van der Waals surface area contributed by atoms with Gasteiger partial charge in [-0.05, 0) is 38.8 Å². The van der Waals surface area contributed by atoms with Gasteiger partial charge in [0.25, 0.3) is 0 Å². The number of anilines is 1. The second-order valence-corrected chi connectivity index (χ2v) is 5.37. The molecule has 1 heterocycles.